The van der Waals surface area contributed by atoms with Crippen molar-refractivity contribution >= 4 is 11.9 Å². The predicted molar refractivity (Wildman–Crippen MR) is 87.6 cm³/mol. The smallest absolute Gasteiger partial charge is 0.317 e. The van der Waals surface area contributed by atoms with Gasteiger partial charge in [0.15, 0.2) is 0 Å². The zero-order valence-corrected chi connectivity index (χ0v) is 14.2. The fourth-order valence-electron chi connectivity index (χ4n) is 2.66. The van der Waals surface area contributed by atoms with Crippen molar-refractivity contribution in [2.45, 2.75) is 33.2 Å². The number of hydrogen-bond donors (Lipinski definition) is 2. The number of aromatic nitrogens is 2. The first-order valence-corrected chi connectivity index (χ1v) is 8.24. The molecule has 23 heavy (non-hydrogen) atoms. The van der Waals surface area contributed by atoms with Gasteiger partial charge in [0.25, 0.3) is 0 Å². The number of rotatable bonds is 5. The summed E-state index contributed by atoms with van der Waals surface area (Å²) >= 11 is 0. The Bertz CT molecular complexity index is 540. The molecule has 3 amide bonds. The summed E-state index contributed by atoms with van der Waals surface area (Å²) in [5, 5.41) is 5.84. The van der Waals surface area contributed by atoms with Crippen LogP contribution in [-0.4, -0.2) is 46.0 Å². The van der Waals surface area contributed by atoms with Gasteiger partial charge in [-0.25, -0.2) is 9.78 Å². The lowest BCUT2D eigenvalue weighted by Gasteiger charge is -2.32. The van der Waals surface area contributed by atoms with E-state index in [1.807, 2.05) is 17.8 Å². The summed E-state index contributed by atoms with van der Waals surface area (Å²) in [6, 6.07) is -0.0692. The second-order valence-corrected chi connectivity index (χ2v) is 6.54. The van der Waals surface area contributed by atoms with Gasteiger partial charge in [0, 0.05) is 39.1 Å². The maximum atomic E-state index is 12.3. The molecule has 1 saturated heterocycles. The summed E-state index contributed by atoms with van der Waals surface area (Å²) in [6.07, 6.45) is 5.24. The summed E-state index contributed by atoms with van der Waals surface area (Å²) in [7, 11) is 1.90. The van der Waals surface area contributed by atoms with Crippen molar-refractivity contribution in [3.8, 4) is 0 Å². The van der Waals surface area contributed by atoms with Crippen molar-refractivity contribution in [1.29, 1.82) is 0 Å². The highest BCUT2D eigenvalue weighted by atomic mass is 16.2. The van der Waals surface area contributed by atoms with E-state index in [-0.39, 0.29) is 17.9 Å². The maximum absolute atomic E-state index is 12.3. The maximum Gasteiger partial charge on any atom is 0.317 e. The van der Waals surface area contributed by atoms with Crippen molar-refractivity contribution in [2.24, 2.45) is 18.9 Å². The number of carbonyl (C=O) groups is 2. The Morgan fingerprint density at radius 1 is 1.39 bits per heavy atom. The molecule has 0 aromatic carbocycles. The van der Waals surface area contributed by atoms with Crippen molar-refractivity contribution in [3.05, 3.63) is 18.2 Å². The van der Waals surface area contributed by atoms with E-state index < -0.39 is 0 Å². The Kier molecular flexibility index (Phi) is 6.01. The van der Waals surface area contributed by atoms with E-state index in [1.54, 1.807) is 11.1 Å². The second-order valence-electron chi connectivity index (χ2n) is 6.54. The van der Waals surface area contributed by atoms with E-state index in [9.17, 15) is 9.59 Å². The van der Waals surface area contributed by atoms with Gasteiger partial charge in [-0.15, -0.1) is 0 Å². The Labute approximate surface area is 137 Å². The summed E-state index contributed by atoms with van der Waals surface area (Å²) in [6.45, 7) is 6.39. The van der Waals surface area contributed by atoms with Crippen LogP contribution in [0.5, 0.6) is 0 Å². The molecule has 2 rings (SSSR count). The third-order valence-electron chi connectivity index (χ3n) is 4.08. The van der Waals surface area contributed by atoms with Gasteiger partial charge in [-0.3, -0.25) is 4.79 Å². The predicted octanol–water partition coefficient (Wildman–Crippen LogP) is 1.11. The number of nitrogens with one attached hydrogen (secondary N) is 2. The van der Waals surface area contributed by atoms with Crippen LogP contribution < -0.4 is 10.6 Å². The number of urea groups is 1. The molecule has 0 spiro atoms. The highest BCUT2D eigenvalue weighted by Gasteiger charge is 2.28. The average Bonchev–Trinajstić information content (AvgIpc) is 2.95. The van der Waals surface area contributed by atoms with Crippen LogP contribution in [0.3, 0.4) is 0 Å². The molecule has 2 heterocycles. The molecule has 0 radical (unpaired) electrons. The van der Waals surface area contributed by atoms with Crippen molar-refractivity contribution in [2.75, 3.05) is 19.6 Å². The van der Waals surface area contributed by atoms with Gasteiger partial charge in [-0.2, -0.15) is 0 Å². The topological polar surface area (TPSA) is 79.3 Å². The zero-order valence-electron chi connectivity index (χ0n) is 14.2. The first-order valence-electron chi connectivity index (χ1n) is 8.24. The quantitative estimate of drug-likeness (QED) is 0.853. The standard InChI is InChI=1S/C16H27N5O2/c1-12(2)9-19-16(23)21-7-4-5-13(11-21)15(22)18-10-14-17-6-8-20(14)3/h6,8,12-13H,4-5,7,9-11H2,1-3H3,(H,18,22)(H,19,23). The Hall–Kier alpha value is -2.05. The third-order valence-corrected chi connectivity index (χ3v) is 4.08. The normalized spacial score (nSPS) is 18.1. The van der Waals surface area contributed by atoms with Crippen molar-refractivity contribution in [1.82, 2.24) is 25.1 Å². The number of imidazole rings is 1. The van der Waals surface area contributed by atoms with Gasteiger partial charge < -0.3 is 20.1 Å². The average molecular weight is 321 g/mol. The molecule has 0 bridgehead atoms. The summed E-state index contributed by atoms with van der Waals surface area (Å²) in [5.74, 6) is 1.09. The fourth-order valence-corrected chi connectivity index (χ4v) is 2.66. The number of amides is 3. The van der Waals surface area contributed by atoms with Crippen molar-refractivity contribution < 1.29 is 9.59 Å². The van der Waals surface area contributed by atoms with Crippen LogP contribution in [0.25, 0.3) is 0 Å². The number of hydrogen-bond acceptors (Lipinski definition) is 3. The monoisotopic (exact) mass is 321 g/mol. The minimum absolute atomic E-state index is 0.00522. The molecule has 2 N–H and O–H groups in total. The minimum Gasteiger partial charge on any atom is -0.349 e. The van der Waals surface area contributed by atoms with E-state index in [1.165, 1.54) is 0 Å². The molecule has 1 aromatic rings. The van der Waals surface area contributed by atoms with Crippen LogP contribution in [0.2, 0.25) is 0 Å². The van der Waals surface area contributed by atoms with E-state index >= 15 is 0 Å². The molecule has 1 aromatic heterocycles. The fraction of sp³-hybridized carbons (Fsp3) is 0.688. The van der Waals surface area contributed by atoms with Crippen LogP contribution in [0.15, 0.2) is 12.4 Å². The van der Waals surface area contributed by atoms with Crippen LogP contribution in [0.4, 0.5) is 4.79 Å². The van der Waals surface area contributed by atoms with Gasteiger partial charge in [-0.05, 0) is 18.8 Å². The van der Waals surface area contributed by atoms with E-state index in [0.29, 0.717) is 32.1 Å². The van der Waals surface area contributed by atoms with Gasteiger partial charge in [-0.1, -0.05) is 13.8 Å². The minimum atomic E-state index is -0.145. The summed E-state index contributed by atoms with van der Waals surface area (Å²) < 4.78 is 1.88. The van der Waals surface area contributed by atoms with E-state index in [2.05, 4.69) is 29.5 Å². The summed E-state index contributed by atoms with van der Waals surface area (Å²) in [5.41, 5.74) is 0. The number of nitrogens with zero attached hydrogens (tertiary/aromatic N) is 3. The largest absolute Gasteiger partial charge is 0.349 e. The second kappa shape index (κ2) is 7.99. The number of piperidine rings is 1. The van der Waals surface area contributed by atoms with Gasteiger partial charge in [0.1, 0.15) is 5.82 Å². The number of aryl methyl sites for hydroxylation is 1. The molecular formula is C16H27N5O2. The lowest BCUT2D eigenvalue weighted by Crippen LogP contribution is -2.49. The molecule has 7 heteroatoms. The van der Waals surface area contributed by atoms with Gasteiger partial charge in [0.05, 0.1) is 12.5 Å². The number of carbonyl (C=O) groups excluding carboxylic acids is 2. The Morgan fingerprint density at radius 2 is 2.17 bits per heavy atom. The molecular weight excluding hydrogens is 294 g/mol. The molecule has 7 nitrogen and oxygen atoms in total. The van der Waals surface area contributed by atoms with Crippen molar-refractivity contribution in [3.63, 3.8) is 0 Å². The molecule has 1 aliphatic heterocycles. The zero-order chi connectivity index (χ0) is 16.8. The van der Waals surface area contributed by atoms with Crippen LogP contribution >= 0.6 is 0 Å². The van der Waals surface area contributed by atoms with Gasteiger partial charge in [0.2, 0.25) is 5.91 Å². The van der Waals surface area contributed by atoms with E-state index in [4.69, 9.17) is 0 Å². The Balaban J connectivity index is 1.81. The Morgan fingerprint density at radius 3 is 2.83 bits per heavy atom. The van der Waals surface area contributed by atoms with Crippen LogP contribution in [0.1, 0.15) is 32.5 Å². The molecule has 0 saturated carbocycles. The first kappa shape index (κ1) is 17.3. The lowest BCUT2D eigenvalue weighted by atomic mass is 9.97. The molecule has 0 aliphatic carbocycles. The van der Waals surface area contributed by atoms with E-state index in [0.717, 1.165) is 18.7 Å². The molecule has 1 fully saturated rings. The van der Waals surface area contributed by atoms with Gasteiger partial charge >= 0.3 is 6.03 Å². The molecule has 1 unspecified atom stereocenters. The third kappa shape index (κ3) is 4.97. The number of likely N-dealkylation sites (tertiary alicyclic amines) is 1. The highest BCUT2D eigenvalue weighted by molar-refractivity contribution is 5.80. The summed E-state index contributed by atoms with van der Waals surface area (Å²) in [4.78, 5) is 30.4. The lowest BCUT2D eigenvalue weighted by molar-refractivity contribution is -0.126. The first-order chi connectivity index (χ1) is 11.0. The molecule has 1 atom stereocenters. The van der Waals surface area contributed by atoms with Crippen LogP contribution in [-0.2, 0) is 18.4 Å². The molecule has 128 valence electrons. The molecule has 1 aliphatic rings. The SMILES string of the molecule is CC(C)CNC(=O)N1CCCC(C(=O)NCc2nccn2C)C1. The highest BCUT2D eigenvalue weighted by Crippen LogP contribution is 2.17. The van der Waals surface area contributed by atoms with Crippen LogP contribution in [0, 0.1) is 11.8 Å².